The summed E-state index contributed by atoms with van der Waals surface area (Å²) in [5.74, 6) is -3.05. The first-order valence-electron chi connectivity index (χ1n) is 7.63. The molecular formula is C14H24N4O6. The number of amides is 4. The molecule has 0 saturated heterocycles. The summed E-state index contributed by atoms with van der Waals surface area (Å²) in [7, 11) is 0. The maximum atomic E-state index is 12.1. The highest BCUT2D eigenvalue weighted by Gasteiger charge is 2.25. The molecule has 4 amide bonds. The fourth-order valence-electron chi connectivity index (χ4n) is 1.32. The van der Waals surface area contributed by atoms with Crippen molar-refractivity contribution in [1.29, 1.82) is 0 Å². The summed E-state index contributed by atoms with van der Waals surface area (Å²) in [6.45, 7) is 6.08. The molecule has 136 valence electrons. The van der Waals surface area contributed by atoms with E-state index in [1.807, 2.05) is 5.48 Å². The van der Waals surface area contributed by atoms with Crippen molar-refractivity contribution in [2.45, 2.75) is 59.2 Å². The topological polar surface area (TPSA) is 143 Å². The minimum Gasteiger partial charge on any atom is -0.341 e. The zero-order chi connectivity index (χ0) is 18.7. The molecule has 0 unspecified atom stereocenters. The van der Waals surface area contributed by atoms with Gasteiger partial charge in [-0.25, -0.2) is 4.79 Å². The Morgan fingerprint density at radius 1 is 0.792 bits per heavy atom. The summed E-state index contributed by atoms with van der Waals surface area (Å²) < 4.78 is 0. The van der Waals surface area contributed by atoms with Crippen molar-refractivity contribution in [1.82, 2.24) is 21.4 Å². The van der Waals surface area contributed by atoms with Crippen LogP contribution in [0, 0.1) is 0 Å². The Morgan fingerprint density at radius 3 is 1.71 bits per heavy atom. The van der Waals surface area contributed by atoms with Gasteiger partial charge in [-0.1, -0.05) is 20.8 Å². The molecule has 0 heterocycles. The van der Waals surface area contributed by atoms with Gasteiger partial charge in [-0.05, 0) is 6.92 Å². The number of carbonyl (C=O) groups excluding carboxylic acids is 5. The molecule has 1 atom stereocenters. The minimum atomic E-state index is -1.31. The Morgan fingerprint density at radius 2 is 1.29 bits per heavy atom. The van der Waals surface area contributed by atoms with Gasteiger partial charge in [0.2, 0.25) is 11.8 Å². The van der Waals surface area contributed by atoms with Gasteiger partial charge in [0.15, 0.2) is 6.17 Å². The van der Waals surface area contributed by atoms with Gasteiger partial charge in [-0.15, -0.1) is 0 Å². The predicted octanol–water partition coefficient (Wildman–Crippen LogP) is -1.15. The number of hydroxylamine groups is 1. The molecule has 0 spiro atoms. The third-order valence-electron chi connectivity index (χ3n) is 2.82. The molecule has 0 aliphatic rings. The van der Waals surface area contributed by atoms with Crippen LogP contribution in [0.4, 0.5) is 0 Å². The minimum absolute atomic E-state index is 0.0786. The molecule has 0 rings (SSSR count). The van der Waals surface area contributed by atoms with E-state index in [0.717, 1.165) is 0 Å². The number of hydrogen-bond acceptors (Lipinski definition) is 6. The molecule has 0 aromatic carbocycles. The summed E-state index contributed by atoms with van der Waals surface area (Å²) >= 11 is 0. The Kier molecular flexibility index (Phi) is 9.76. The first-order chi connectivity index (χ1) is 11.2. The maximum Gasteiger partial charge on any atom is 0.331 e. The van der Waals surface area contributed by atoms with E-state index in [0.29, 0.717) is 0 Å². The van der Waals surface area contributed by atoms with Crippen molar-refractivity contribution in [2.75, 3.05) is 0 Å². The number of nitrogens with one attached hydrogen (secondary N) is 4. The van der Waals surface area contributed by atoms with Gasteiger partial charge in [-0.2, -0.15) is 5.48 Å². The molecule has 10 nitrogen and oxygen atoms in total. The van der Waals surface area contributed by atoms with Crippen LogP contribution in [0.1, 0.15) is 47.0 Å². The predicted molar refractivity (Wildman–Crippen MR) is 82.8 cm³/mol. The molecule has 24 heavy (non-hydrogen) atoms. The highest BCUT2D eigenvalue weighted by molar-refractivity contribution is 5.94. The fraction of sp³-hybridized carbons (Fsp3) is 0.643. The van der Waals surface area contributed by atoms with Crippen molar-refractivity contribution < 1.29 is 28.8 Å². The number of rotatable bonds is 8. The lowest BCUT2D eigenvalue weighted by Gasteiger charge is -2.21. The van der Waals surface area contributed by atoms with Gasteiger partial charge in [-0.3, -0.25) is 19.2 Å². The Balaban J connectivity index is 4.71. The summed E-state index contributed by atoms with van der Waals surface area (Å²) in [5, 5.41) is 6.98. The lowest BCUT2D eigenvalue weighted by Crippen LogP contribution is -2.59. The van der Waals surface area contributed by atoms with Crippen LogP contribution in [0.25, 0.3) is 0 Å². The van der Waals surface area contributed by atoms with E-state index >= 15 is 0 Å². The molecule has 0 bridgehead atoms. The zero-order valence-corrected chi connectivity index (χ0v) is 14.2. The average Bonchev–Trinajstić information content (AvgIpc) is 2.57. The quantitative estimate of drug-likeness (QED) is 0.324. The van der Waals surface area contributed by atoms with Crippen LogP contribution in [0.5, 0.6) is 0 Å². The van der Waals surface area contributed by atoms with Crippen LogP contribution >= 0.6 is 0 Å². The Bertz CT molecular complexity index is 476. The molecule has 0 aromatic heterocycles. The van der Waals surface area contributed by atoms with E-state index < -0.39 is 41.8 Å². The highest BCUT2D eigenvalue weighted by atomic mass is 16.7. The average molecular weight is 344 g/mol. The second-order valence-corrected chi connectivity index (χ2v) is 4.80. The fourth-order valence-corrected chi connectivity index (χ4v) is 1.32. The Labute approximate surface area is 140 Å². The normalized spacial score (nSPS) is 11.2. The molecular weight excluding hydrogens is 320 g/mol. The van der Waals surface area contributed by atoms with Crippen molar-refractivity contribution >= 4 is 29.6 Å². The lowest BCUT2D eigenvalue weighted by atomic mass is 10.3. The van der Waals surface area contributed by atoms with Crippen LogP contribution in [-0.4, -0.2) is 41.8 Å². The van der Waals surface area contributed by atoms with Crippen LogP contribution in [0.3, 0.4) is 0 Å². The third-order valence-corrected chi connectivity index (χ3v) is 2.82. The van der Waals surface area contributed by atoms with E-state index in [-0.39, 0.29) is 19.3 Å². The van der Waals surface area contributed by atoms with Gasteiger partial charge >= 0.3 is 5.97 Å². The zero-order valence-electron chi connectivity index (χ0n) is 14.2. The maximum absolute atomic E-state index is 12.1. The van der Waals surface area contributed by atoms with Crippen molar-refractivity contribution in [3.63, 3.8) is 0 Å². The van der Waals surface area contributed by atoms with Crippen LogP contribution in [-0.2, 0) is 28.8 Å². The number of hydrogen-bond donors (Lipinski definition) is 4. The lowest BCUT2D eigenvalue weighted by molar-refractivity contribution is -0.158. The van der Waals surface area contributed by atoms with Crippen LogP contribution in [0.2, 0.25) is 0 Å². The summed E-state index contributed by atoms with van der Waals surface area (Å²) in [4.78, 5) is 62.1. The molecule has 0 saturated carbocycles. The summed E-state index contributed by atoms with van der Waals surface area (Å²) in [6, 6.07) is -1.05. The van der Waals surface area contributed by atoms with Gasteiger partial charge in [0.05, 0.1) is 0 Å². The SMILES string of the molecule is CCC(=O)NC(NC(=O)CC)C(=O)N[C@@H](C)C(=O)NOC(=O)CC. The molecule has 0 aromatic rings. The van der Waals surface area contributed by atoms with Gasteiger partial charge in [0.25, 0.3) is 11.8 Å². The third kappa shape index (κ3) is 8.11. The number of carbonyl (C=O) groups is 5. The first kappa shape index (κ1) is 21.4. The molecule has 0 aliphatic carbocycles. The molecule has 0 fully saturated rings. The van der Waals surface area contributed by atoms with Crippen LogP contribution in [0.15, 0.2) is 0 Å². The second-order valence-electron chi connectivity index (χ2n) is 4.80. The summed E-state index contributed by atoms with van der Waals surface area (Å²) in [6.07, 6.45) is -0.989. The van der Waals surface area contributed by atoms with E-state index in [2.05, 4.69) is 20.8 Å². The first-order valence-corrected chi connectivity index (χ1v) is 7.63. The monoisotopic (exact) mass is 344 g/mol. The molecule has 0 aliphatic heterocycles. The van der Waals surface area contributed by atoms with Crippen molar-refractivity contribution in [2.24, 2.45) is 0 Å². The Hall–Kier alpha value is -2.65. The second kappa shape index (κ2) is 11.0. The smallest absolute Gasteiger partial charge is 0.331 e. The summed E-state index contributed by atoms with van der Waals surface area (Å²) in [5.41, 5.74) is 1.90. The standard InChI is InChI=1S/C14H24N4O6/c1-5-9(19)16-12(17-10(20)6-2)14(23)15-8(4)13(22)18-24-11(21)7-3/h8,12H,5-7H2,1-4H3,(H,15,23)(H,16,19)(H,17,20)(H,18,22)/t8-/m0/s1. The van der Waals surface area contributed by atoms with Crippen molar-refractivity contribution in [3.05, 3.63) is 0 Å². The molecule has 10 heteroatoms. The van der Waals surface area contributed by atoms with Crippen LogP contribution < -0.4 is 21.4 Å². The van der Waals surface area contributed by atoms with Gasteiger partial charge in [0, 0.05) is 19.3 Å². The van der Waals surface area contributed by atoms with Gasteiger partial charge < -0.3 is 20.8 Å². The molecule has 0 radical (unpaired) electrons. The van der Waals surface area contributed by atoms with E-state index in [1.54, 1.807) is 20.8 Å². The van der Waals surface area contributed by atoms with E-state index in [4.69, 9.17) is 0 Å². The highest BCUT2D eigenvalue weighted by Crippen LogP contribution is 1.90. The van der Waals surface area contributed by atoms with E-state index in [9.17, 15) is 24.0 Å². The molecule has 4 N–H and O–H groups in total. The van der Waals surface area contributed by atoms with E-state index in [1.165, 1.54) is 6.92 Å². The van der Waals surface area contributed by atoms with Gasteiger partial charge in [0.1, 0.15) is 6.04 Å². The largest absolute Gasteiger partial charge is 0.341 e. The van der Waals surface area contributed by atoms with Crippen molar-refractivity contribution in [3.8, 4) is 0 Å².